The van der Waals surface area contributed by atoms with E-state index in [1.165, 1.54) is 0 Å². The zero-order valence-electron chi connectivity index (χ0n) is 12.1. The van der Waals surface area contributed by atoms with Crippen molar-refractivity contribution in [3.8, 4) is 0 Å². The van der Waals surface area contributed by atoms with Crippen molar-refractivity contribution in [3.63, 3.8) is 0 Å². The van der Waals surface area contributed by atoms with Crippen LogP contribution in [0.15, 0.2) is 60.7 Å². The van der Waals surface area contributed by atoms with Gasteiger partial charge in [-0.05, 0) is 17.5 Å². The number of aliphatic hydroxyl groups excluding tert-OH is 1. The first-order chi connectivity index (χ1) is 10.3. The van der Waals surface area contributed by atoms with Crippen LogP contribution in [0, 0.1) is 0 Å². The lowest BCUT2D eigenvalue weighted by Crippen LogP contribution is -2.50. The Hall–Kier alpha value is -1.68. The summed E-state index contributed by atoms with van der Waals surface area (Å²) in [6.07, 6.45) is 0.420. The minimum Gasteiger partial charge on any atom is -0.378 e. The smallest absolute Gasteiger partial charge is 0.156 e. The van der Waals surface area contributed by atoms with Gasteiger partial charge in [0.2, 0.25) is 0 Å². The summed E-state index contributed by atoms with van der Waals surface area (Å²) in [5.41, 5.74) is 1.23. The van der Waals surface area contributed by atoms with Crippen LogP contribution in [-0.4, -0.2) is 24.6 Å². The molecule has 110 valence electrons. The maximum atomic E-state index is 10.1. The fraction of sp³-hybridized carbons (Fsp3) is 0.333. The first kappa shape index (κ1) is 14.3. The van der Waals surface area contributed by atoms with Crippen LogP contribution >= 0.6 is 0 Å². The third-order valence-electron chi connectivity index (χ3n) is 4.14. The molecule has 21 heavy (non-hydrogen) atoms. The van der Waals surface area contributed by atoms with Crippen molar-refractivity contribution in [1.29, 1.82) is 0 Å². The molecule has 0 aromatic heterocycles. The van der Waals surface area contributed by atoms with Gasteiger partial charge in [-0.2, -0.15) is 0 Å². The second-order valence-electron chi connectivity index (χ2n) is 5.34. The molecule has 1 N–H and O–H groups in total. The standard InChI is InChI=1S/C18H20O3/c1-20-16-12-13-17(19)21-18(16,14-8-4-2-5-9-14)15-10-6-3-7-11-15/h2-11,16-17,19H,12-13H2,1H3. The Morgan fingerprint density at radius 1 is 0.952 bits per heavy atom. The summed E-state index contributed by atoms with van der Waals surface area (Å²) in [5.74, 6) is 0. The Labute approximate surface area is 125 Å². The summed E-state index contributed by atoms with van der Waals surface area (Å²) in [5, 5.41) is 10.1. The van der Waals surface area contributed by atoms with Crippen LogP contribution < -0.4 is 0 Å². The lowest BCUT2D eigenvalue weighted by molar-refractivity contribution is -0.246. The summed E-state index contributed by atoms with van der Waals surface area (Å²) in [6, 6.07) is 20.0. The molecule has 0 aliphatic carbocycles. The first-order valence-corrected chi connectivity index (χ1v) is 7.27. The molecule has 2 atom stereocenters. The molecule has 3 heteroatoms. The van der Waals surface area contributed by atoms with E-state index in [-0.39, 0.29) is 6.10 Å². The Kier molecular flexibility index (Phi) is 4.06. The molecule has 1 aliphatic rings. The Morgan fingerprint density at radius 3 is 1.95 bits per heavy atom. The highest BCUT2D eigenvalue weighted by Crippen LogP contribution is 2.44. The summed E-state index contributed by atoms with van der Waals surface area (Å²) >= 11 is 0. The van der Waals surface area contributed by atoms with Gasteiger partial charge in [0, 0.05) is 13.5 Å². The Bertz CT molecular complexity index is 528. The Morgan fingerprint density at radius 2 is 1.48 bits per heavy atom. The van der Waals surface area contributed by atoms with Gasteiger partial charge in [0.1, 0.15) is 5.60 Å². The molecule has 1 saturated heterocycles. The van der Waals surface area contributed by atoms with E-state index in [0.717, 1.165) is 17.5 Å². The number of rotatable bonds is 3. The molecule has 2 unspecified atom stereocenters. The maximum Gasteiger partial charge on any atom is 0.156 e. The number of aliphatic hydroxyl groups is 1. The van der Waals surface area contributed by atoms with Gasteiger partial charge in [0.25, 0.3) is 0 Å². The molecule has 2 aromatic carbocycles. The molecule has 3 rings (SSSR count). The predicted octanol–water partition coefficient (Wildman–Crippen LogP) is 3.07. The summed E-state index contributed by atoms with van der Waals surface area (Å²) in [7, 11) is 1.70. The van der Waals surface area contributed by atoms with Crippen molar-refractivity contribution in [2.75, 3.05) is 7.11 Å². The summed E-state index contributed by atoms with van der Waals surface area (Å²) in [4.78, 5) is 0. The fourth-order valence-electron chi connectivity index (χ4n) is 3.18. The number of methoxy groups -OCH3 is 1. The predicted molar refractivity (Wildman–Crippen MR) is 80.8 cm³/mol. The molecule has 1 fully saturated rings. The van der Waals surface area contributed by atoms with Crippen LogP contribution in [0.4, 0.5) is 0 Å². The van der Waals surface area contributed by atoms with Crippen molar-refractivity contribution in [3.05, 3.63) is 71.8 Å². The summed E-state index contributed by atoms with van der Waals surface area (Å²) < 4.78 is 11.8. The van der Waals surface area contributed by atoms with Crippen LogP contribution in [0.3, 0.4) is 0 Å². The minimum absolute atomic E-state index is 0.134. The third kappa shape index (κ3) is 2.48. The van der Waals surface area contributed by atoms with Gasteiger partial charge in [-0.15, -0.1) is 0 Å². The monoisotopic (exact) mass is 284 g/mol. The molecule has 3 nitrogen and oxygen atoms in total. The second kappa shape index (κ2) is 5.98. The van der Waals surface area contributed by atoms with Gasteiger partial charge >= 0.3 is 0 Å². The lowest BCUT2D eigenvalue weighted by Gasteiger charge is -2.45. The molecule has 0 amide bonds. The van der Waals surface area contributed by atoms with Gasteiger partial charge in [0.15, 0.2) is 6.29 Å². The van der Waals surface area contributed by atoms with Crippen LogP contribution in [-0.2, 0) is 15.1 Å². The van der Waals surface area contributed by atoms with E-state index >= 15 is 0 Å². The molecule has 2 aromatic rings. The average Bonchev–Trinajstić information content (AvgIpc) is 2.56. The number of ether oxygens (including phenoxy) is 2. The van der Waals surface area contributed by atoms with Gasteiger partial charge in [0.05, 0.1) is 6.10 Å². The molecule has 0 saturated carbocycles. The van der Waals surface area contributed by atoms with Crippen LogP contribution in [0.2, 0.25) is 0 Å². The summed E-state index contributed by atoms with van der Waals surface area (Å²) in [6.45, 7) is 0. The molecular weight excluding hydrogens is 264 g/mol. The van der Waals surface area contributed by atoms with Gasteiger partial charge < -0.3 is 14.6 Å². The van der Waals surface area contributed by atoms with Crippen LogP contribution in [0.25, 0.3) is 0 Å². The molecule has 1 aliphatic heterocycles. The topological polar surface area (TPSA) is 38.7 Å². The first-order valence-electron chi connectivity index (χ1n) is 7.27. The number of hydrogen-bond donors (Lipinski definition) is 1. The van der Waals surface area contributed by atoms with Crippen LogP contribution in [0.1, 0.15) is 24.0 Å². The fourth-order valence-corrected chi connectivity index (χ4v) is 3.18. The van der Waals surface area contributed by atoms with E-state index in [1.807, 2.05) is 60.7 Å². The second-order valence-corrected chi connectivity index (χ2v) is 5.34. The van der Waals surface area contributed by atoms with E-state index < -0.39 is 11.9 Å². The van der Waals surface area contributed by atoms with E-state index in [4.69, 9.17) is 9.47 Å². The van der Waals surface area contributed by atoms with E-state index in [9.17, 15) is 5.11 Å². The molecular formula is C18H20O3. The maximum absolute atomic E-state index is 10.1. The highest BCUT2D eigenvalue weighted by molar-refractivity contribution is 5.38. The average molecular weight is 284 g/mol. The van der Waals surface area contributed by atoms with Crippen molar-refractivity contribution < 1.29 is 14.6 Å². The molecule has 0 bridgehead atoms. The zero-order valence-corrected chi connectivity index (χ0v) is 12.1. The zero-order chi connectivity index (χ0) is 14.7. The van der Waals surface area contributed by atoms with Crippen molar-refractivity contribution in [1.82, 2.24) is 0 Å². The van der Waals surface area contributed by atoms with Gasteiger partial charge in [-0.25, -0.2) is 0 Å². The molecule has 0 spiro atoms. The van der Waals surface area contributed by atoms with Crippen molar-refractivity contribution in [2.24, 2.45) is 0 Å². The highest BCUT2D eigenvalue weighted by atomic mass is 16.6. The highest BCUT2D eigenvalue weighted by Gasteiger charge is 2.48. The van der Waals surface area contributed by atoms with Crippen molar-refractivity contribution in [2.45, 2.75) is 30.8 Å². The quantitative estimate of drug-likeness (QED) is 0.941. The normalized spacial score (nSPS) is 24.7. The number of hydrogen-bond acceptors (Lipinski definition) is 3. The van der Waals surface area contributed by atoms with Gasteiger partial charge in [-0.3, -0.25) is 0 Å². The van der Waals surface area contributed by atoms with Crippen LogP contribution in [0.5, 0.6) is 0 Å². The van der Waals surface area contributed by atoms with E-state index in [0.29, 0.717) is 6.42 Å². The van der Waals surface area contributed by atoms with E-state index in [2.05, 4.69) is 0 Å². The third-order valence-corrected chi connectivity index (χ3v) is 4.14. The lowest BCUT2D eigenvalue weighted by atomic mass is 9.78. The largest absolute Gasteiger partial charge is 0.378 e. The molecule has 1 heterocycles. The Balaban J connectivity index is 2.18. The van der Waals surface area contributed by atoms with Gasteiger partial charge in [-0.1, -0.05) is 60.7 Å². The SMILES string of the molecule is COC1CCC(O)OC1(c1ccccc1)c1ccccc1. The molecule has 0 radical (unpaired) electrons. The number of benzene rings is 2. The minimum atomic E-state index is -0.781. The van der Waals surface area contributed by atoms with Crippen molar-refractivity contribution >= 4 is 0 Å². The van der Waals surface area contributed by atoms with E-state index in [1.54, 1.807) is 7.11 Å².